The van der Waals surface area contributed by atoms with Crippen LogP contribution in [-0.4, -0.2) is 31.1 Å². The number of hydrogen-bond donors (Lipinski definition) is 0. The summed E-state index contributed by atoms with van der Waals surface area (Å²) >= 11 is 0. The van der Waals surface area contributed by atoms with E-state index in [4.69, 9.17) is 9.15 Å². The Morgan fingerprint density at radius 1 is 1.21 bits per heavy atom. The van der Waals surface area contributed by atoms with Crippen molar-refractivity contribution >= 4 is 16.9 Å². The van der Waals surface area contributed by atoms with E-state index in [1.807, 2.05) is 13.0 Å². The van der Waals surface area contributed by atoms with Crippen LogP contribution in [0.4, 0.5) is 0 Å². The third kappa shape index (κ3) is 2.44. The second-order valence-corrected chi connectivity index (χ2v) is 7.09. The van der Waals surface area contributed by atoms with E-state index in [9.17, 15) is 9.59 Å². The molecule has 2 heterocycles. The first-order valence-corrected chi connectivity index (χ1v) is 8.32. The lowest BCUT2D eigenvalue weighted by molar-refractivity contribution is -0.143. The Balaban J connectivity index is 1.57. The van der Waals surface area contributed by atoms with Crippen molar-refractivity contribution in [1.29, 1.82) is 0 Å². The lowest BCUT2D eigenvalue weighted by Gasteiger charge is -2.20. The summed E-state index contributed by atoms with van der Waals surface area (Å²) in [5, 5.41) is 1.00. The van der Waals surface area contributed by atoms with Gasteiger partial charge in [0.15, 0.2) is 0 Å². The first kappa shape index (κ1) is 15.4. The van der Waals surface area contributed by atoms with Crippen LogP contribution in [0.25, 0.3) is 11.0 Å². The smallest absolute Gasteiger partial charge is 0.336 e. The van der Waals surface area contributed by atoms with Gasteiger partial charge in [0.25, 0.3) is 0 Å². The zero-order valence-electron chi connectivity index (χ0n) is 14.2. The van der Waals surface area contributed by atoms with E-state index in [0.717, 1.165) is 29.6 Å². The van der Waals surface area contributed by atoms with E-state index in [-0.39, 0.29) is 17.5 Å². The molecule has 0 amide bonds. The van der Waals surface area contributed by atoms with Crippen LogP contribution in [-0.2, 0) is 16.1 Å². The SMILES string of the molecule is COC(=O)C1[C@H]2CN(Cc3cc(=O)oc4cc(C)c(C)cc34)C[C@@H]12. The number of ether oxygens (including phenoxy) is 1. The summed E-state index contributed by atoms with van der Waals surface area (Å²) in [5.41, 5.74) is 3.65. The Bertz CT molecular complexity index is 873. The van der Waals surface area contributed by atoms with Crippen LogP contribution < -0.4 is 5.63 Å². The second-order valence-electron chi connectivity index (χ2n) is 7.09. The van der Waals surface area contributed by atoms with Gasteiger partial charge in [0.05, 0.1) is 13.0 Å². The van der Waals surface area contributed by atoms with Gasteiger partial charge in [-0.25, -0.2) is 4.79 Å². The lowest BCUT2D eigenvalue weighted by Crippen LogP contribution is -2.26. The molecule has 0 bridgehead atoms. The highest BCUT2D eigenvalue weighted by Crippen LogP contribution is 2.52. The molecule has 126 valence electrons. The molecule has 1 unspecified atom stereocenters. The normalized spacial score (nSPS) is 25.7. The molecule has 24 heavy (non-hydrogen) atoms. The average molecular weight is 327 g/mol. The molecular weight excluding hydrogens is 306 g/mol. The van der Waals surface area contributed by atoms with Crippen LogP contribution in [0.1, 0.15) is 16.7 Å². The number of esters is 1. The highest BCUT2D eigenvalue weighted by atomic mass is 16.5. The zero-order chi connectivity index (χ0) is 17.0. The number of fused-ring (bicyclic) bond motifs is 2. The van der Waals surface area contributed by atoms with Gasteiger partial charge >= 0.3 is 11.6 Å². The molecular formula is C19H21NO4. The van der Waals surface area contributed by atoms with Crippen LogP contribution >= 0.6 is 0 Å². The number of carbonyl (C=O) groups is 1. The van der Waals surface area contributed by atoms with E-state index in [0.29, 0.717) is 24.0 Å². The molecule has 5 nitrogen and oxygen atoms in total. The van der Waals surface area contributed by atoms with Crippen molar-refractivity contribution < 1.29 is 13.9 Å². The van der Waals surface area contributed by atoms with Crippen molar-refractivity contribution in [3.05, 3.63) is 45.3 Å². The first-order chi connectivity index (χ1) is 11.5. The van der Waals surface area contributed by atoms with Gasteiger partial charge in [-0.1, -0.05) is 0 Å². The molecule has 5 heteroatoms. The zero-order valence-corrected chi connectivity index (χ0v) is 14.2. The van der Waals surface area contributed by atoms with Crippen molar-refractivity contribution in [3.8, 4) is 0 Å². The minimum Gasteiger partial charge on any atom is -0.469 e. The van der Waals surface area contributed by atoms with Gasteiger partial charge in [-0.05, 0) is 54.5 Å². The third-order valence-corrected chi connectivity index (χ3v) is 5.58. The molecule has 2 aliphatic rings. The summed E-state index contributed by atoms with van der Waals surface area (Å²) < 4.78 is 10.2. The molecule has 1 aliphatic carbocycles. The van der Waals surface area contributed by atoms with E-state index in [1.54, 1.807) is 6.07 Å². The quantitative estimate of drug-likeness (QED) is 0.639. The van der Waals surface area contributed by atoms with Crippen LogP contribution in [0.5, 0.6) is 0 Å². The number of likely N-dealkylation sites (tertiary alicyclic amines) is 1. The largest absolute Gasteiger partial charge is 0.469 e. The maximum Gasteiger partial charge on any atom is 0.336 e. The summed E-state index contributed by atoms with van der Waals surface area (Å²) in [6.45, 7) is 6.57. The maximum absolute atomic E-state index is 11.9. The molecule has 1 saturated heterocycles. The maximum atomic E-state index is 11.9. The fourth-order valence-electron chi connectivity index (χ4n) is 4.08. The molecule has 0 N–H and O–H groups in total. The van der Waals surface area contributed by atoms with Crippen LogP contribution in [0.3, 0.4) is 0 Å². The van der Waals surface area contributed by atoms with Crippen LogP contribution in [0, 0.1) is 31.6 Å². The van der Waals surface area contributed by atoms with Gasteiger partial charge in [0.1, 0.15) is 5.58 Å². The highest BCUT2D eigenvalue weighted by molar-refractivity contribution is 5.82. The van der Waals surface area contributed by atoms with Crippen LogP contribution in [0.2, 0.25) is 0 Å². The average Bonchev–Trinajstić information content (AvgIpc) is 3.04. The van der Waals surface area contributed by atoms with Gasteiger partial charge < -0.3 is 9.15 Å². The molecule has 2 aromatic rings. The Morgan fingerprint density at radius 3 is 2.54 bits per heavy atom. The highest BCUT2D eigenvalue weighted by Gasteiger charge is 2.59. The summed E-state index contributed by atoms with van der Waals surface area (Å²) in [7, 11) is 1.45. The molecule has 2 fully saturated rings. The first-order valence-electron chi connectivity index (χ1n) is 8.32. The number of methoxy groups -OCH3 is 1. The number of benzene rings is 1. The Hall–Kier alpha value is -2.14. The fourth-order valence-corrected chi connectivity index (χ4v) is 4.08. The standard InChI is InChI=1S/C19H21NO4/c1-10-4-13-12(6-17(21)24-16(13)5-11(10)2)7-20-8-14-15(9-20)18(14)19(22)23-3/h4-6,14-15,18H,7-9H2,1-3H3/t14-,15+,18?. The van der Waals surface area contributed by atoms with E-state index < -0.39 is 0 Å². The summed E-state index contributed by atoms with van der Waals surface area (Å²) in [6, 6.07) is 5.63. The number of aryl methyl sites for hydroxylation is 2. The van der Waals surface area contributed by atoms with Gasteiger partial charge in [-0.2, -0.15) is 0 Å². The molecule has 1 aromatic carbocycles. The summed E-state index contributed by atoms with van der Waals surface area (Å²) in [5.74, 6) is 0.816. The fraction of sp³-hybridized carbons (Fsp3) is 0.474. The minimum absolute atomic E-state index is 0.0775. The third-order valence-electron chi connectivity index (χ3n) is 5.58. The number of nitrogens with zero attached hydrogens (tertiary/aromatic N) is 1. The molecule has 0 spiro atoms. The van der Waals surface area contributed by atoms with Crippen molar-refractivity contribution in [3.63, 3.8) is 0 Å². The predicted octanol–water partition coefficient (Wildman–Crippen LogP) is 2.26. The van der Waals surface area contributed by atoms with Crippen molar-refractivity contribution in [2.75, 3.05) is 20.2 Å². The Kier molecular flexibility index (Phi) is 3.49. The number of rotatable bonds is 3. The molecule has 1 saturated carbocycles. The Labute approximate surface area is 140 Å². The summed E-state index contributed by atoms with van der Waals surface area (Å²) in [6.07, 6.45) is 0. The van der Waals surface area contributed by atoms with Crippen LogP contribution in [0.15, 0.2) is 27.4 Å². The molecule has 3 atom stereocenters. The molecule has 4 rings (SSSR count). The molecule has 0 radical (unpaired) electrons. The van der Waals surface area contributed by atoms with Gasteiger partial charge in [0, 0.05) is 31.1 Å². The van der Waals surface area contributed by atoms with Crippen molar-refractivity contribution in [2.45, 2.75) is 20.4 Å². The second kappa shape index (κ2) is 5.45. The van der Waals surface area contributed by atoms with E-state index in [1.165, 1.54) is 12.7 Å². The van der Waals surface area contributed by atoms with Gasteiger partial charge in [0.2, 0.25) is 0 Å². The van der Waals surface area contributed by atoms with E-state index >= 15 is 0 Å². The topological polar surface area (TPSA) is 59.8 Å². The van der Waals surface area contributed by atoms with Crippen molar-refractivity contribution in [1.82, 2.24) is 4.90 Å². The van der Waals surface area contributed by atoms with E-state index in [2.05, 4.69) is 17.9 Å². The monoisotopic (exact) mass is 327 g/mol. The van der Waals surface area contributed by atoms with Gasteiger partial charge in [-0.3, -0.25) is 9.69 Å². The lowest BCUT2D eigenvalue weighted by atomic mass is 10.0. The number of hydrogen-bond acceptors (Lipinski definition) is 5. The number of piperidine rings is 1. The number of carbonyl (C=O) groups excluding carboxylic acids is 1. The van der Waals surface area contributed by atoms with Crippen molar-refractivity contribution in [2.24, 2.45) is 17.8 Å². The minimum atomic E-state index is -0.308. The Morgan fingerprint density at radius 2 is 1.88 bits per heavy atom. The predicted molar refractivity (Wildman–Crippen MR) is 89.7 cm³/mol. The summed E-state index contributed by atoms with van der Waals surface area (Å²) in [4.78, 5) is 25.8. The van der Waals surface area contributed by atoms with Gasteiger partial charge in [-0.15, -0.1) is 0 Å². The molecule has 1 aliphatic heterocycles. The molecule has 1 aromatic heterocycles.